The molecule has 2 aliphatic heterocycles. The zero-order valence-corrected chi connectivity index (χ0v) is 32.8. The number of hydrogen-bond acceptors (Lipinski definition) is 10. The summed E-state index contributed by atoms with van der Waals surface area (Å²) < 4.78 is 11.8. The smallest absolute Gasteiger partial charge is 0.135 e. The summed E-state index contributed by atoms with van der Waals surface area (Å²) in [6, 6.07) is 13.4. The van der Waals surface area contributed by atoms with Gasteiger partial charge in [-0.05, 0) is 123 Å². The lowest BCUT2D eigenvalue weighted by atomic mass is 9.80. The summed E-state index contributed by atoms with van der Waals surface area (Å²) in [6.45, 7) is 11.9. The molecule has 0 fully saturated rings. The van der Waals surface area contributed by atoms with Crippen LogP contribution in [0, 0.1) is 13.8 Å². The topological polar surface area (TPSA) is 164 Å². The molecule has 0 saturated carbocycles. The molecule has 1 unspecified atom stereocenters. The molecule has 10 heteroatoms. The van der Waals surface area contributed by atoms with Crippen molar-refractivity contribution in [3.05, 3.63) is 81.9 Å². The molecule has 0 radical (unpaired) electrons. The van der Waals surface area contributed by atoms with E-state index < -0.39 is 0 Å². The van der Waals surface area contributed by atoms with Crippen LogP contribution in [0.3, 0.4) is 0 Å². The third-order valence-corrected chi connectivity index (χ3v) is 11.7. The maximum atomic E-state index is 12.5. The molecule has 0 amide bonds. The van der Waals surface area contributed by atoms with Gasteiger partial charge in [-0.2, -0.15) is 0 Å². The Morgan fingerprint density at radius 2 is 0.875 bits per heavy atom. The number of methoxy groups -OCH3 is 2. The van der Waals surface area contributed by atoms with E-state index in [9.17, 15) is 30.6 Å². The van der Waals surface area contributed by atoms with E-state index in [0.717, 1.165) is 22.3 Å². The van der Waals surface area contributed by atoms with Crippen LogP contribution in [-0.4, -0.2) is 56.9 Å². The first kappa shape index (κ1) is 37.1. The molecule has 4 atom stereocenters. The molecule has 6 aromatic carbocycles. The highest BCUT2D eigenvalue weighted by Gasteiger charge is 2.33. The van der Waals surface area contributed by atoms with Gasteiger partial charge in [-0.1, -0.05) is 12.1 Å². The van der Waals surface area contributed by atoms with Crippen molar-refractivity contribution in [2.45, 2.75) is 78.6 Å². The highest BCUT2D eigenvalue weighted by atomic mass is 16.5. The van der Waals surface area contributed by atoms with Gasteiger partial charge in [-0.15, -0.1) is 0 Å². The second-order valence-electron chi connectivity index (χ2n) is 15.8. The molecule has 56 heavy (non-hydrogen) atoms. The van der Waals surface area contributed by atoms with Crippen LogP contribution in [0.1, 0.15) is 73.2 Å². The number of rotatable bonds is 5. The lowest BCUT2D eigenvalue weighted by Gasteiger charge is -2.32. The van der Waals surface area contributed by atoms with E-state index in [4.69, 9.17) is 9.47 Å². The lowest BCUT2D eigenvalue weighted by Crippen LogP contribution is -2.36. The first-order valence-electron chi connectivity index (χ1n) is 19.0. The molecule has 8 N–H and O–H groups in total. The van der Waals surface area contributed by atoms with Crippen molar-refractivity contribution in [1.82, 2.24) is 10.6 Å². The van der Waals surface area contributed by atoms with Crippen LogP contribution in [0.2, 0.25) is 0 Å². The SMILES string of the molecule is COc1cc(C)cc2c(-c3c(O)cc(O)c4c3C[C@H](C)NC4C)cc(-c3cc(-c4c(O)cc(O)c5c4C[C@@H](C)N[C@@H]5C)c4cc(C)cc(OC)c4c3O)c(O)c12. The third kappa shape index (κ3) is 5.61. The van der Waals surface area contributed by atoms with E-state index in [0.29, 0.717) is 79.3 Å². The Balaban J connectivity index is 1.55. The Labute approximate surface area is 325 Å². The van der Waals surface area contributed by atoms with Crippen molar-refractivity contribution in [3.8, 4) is 79.4 Å². The Hall–Kier alpha value is -5.84. The second kappa shape index (κ2) is 13.4. The lowest BCUT2D eigenvalue weighted by molar-refractivity contribution is 0.401. The summed E-state index contributed by atoms with van der Waals surface area (Å²) in [6.07, 6.45) is 1.02. The van der Waals surface area contributed by atoms with Gasteiger partial charge < -0.3 is 50.7 Å². The number of hydrogen-bond donors (Lipinski definition) is 8. The van der Waals surface area contributed by atoms with Crippen LogP contribution in [0.25, 0.3) is 54.9 Å². The number of phenolic OH excluding ortho intramolecular Hbond substituents is 6. The molecule has 0 saturated heterocycles. The number of fused-ring (bicyclic) bond motifs is 4. The minimum absolute atomic E-state index is 0.0136. The van der Waals surface area contributed by atoms with Gasteiger partial charge in [-0.25, -0.2) is 0 Å². The minimum atomic E-state index is -0.209. The number of aromatic hydroxyl groups is 6. The number of phenols is 6. The summed E-state index contributed by atoms with van der Waals surface area (Å²) in [4.78, 5) is 0. The largest absolute Gasteiger partial charge is 0.507 e. The first-order valence-corrected chi connectivity index (χ1v) is 19.0. The summed E-state index contributed by atoms with van der Waals surface area (Å²) in [5.74, 6) is 0.187. The van der Waals surface area contributed by atoms with Crippen molar-refractivity contribution < 1.29 is 40.1 Å². The molecule has 2 heterocycles. The fraction of sp³-hybridized carbons (Fsp3) is 0.304. The van der Waals surface area contributed by atoms with E-state index in [1.54, 1.807) is 12.1 Å². The number of nitrogens with one attached hydrogen (secondary N) is 2. The molecule has 10 nitrogen and oxygen atoms in total. The maximum Gasteiger partial charge on any atom is 0.135 e. The predicted molar refractivity (Wildman–Crippen MR) is 220 cm³/mol. The summed E-state index contributed by atoms with van der Waals surface area (Å²) in [5.41, 5.74) is 7.27. The molecular weight excluding hydrogens is 709 g/mol. The molecule has 0 bridgehead atoms. The molecule has 0 aliphatic carbocycles. The van der Waals surface area contributed by atoms with Crippen LogP contribution in [0.4, 0.5) is 0 Å². The normalized spacial score (nSPS) is 19.2. The molecule has 6 aromatic rings. The van der Waals surface area contributed by atoms with Crippen LogP contribution in [0.15, 0.2) is 48.5 Å². The van der Waals surface area contributed by atoms with Gasteiger partial charge in [0.05, 0.1) is 25.0 Å². The van der Waals surface area contributed by atoms with E-state index >= 15 is 0 Å². The van der Waals surface area contributed by atoms with Gasteiger partial charge in [0.2, 0.25) is 0 Å². The minimum Gasteiger partial charge on any atom is -0.507 e. The van der Waals surface area contributed by atoms with E-state index in [1.807, 2.05) is 52.0 Å². The molecule has 8 rings (SSSR count). The molecule has 290 valence electrons. The van der Waals surface area contributed by atoms with Gasteiger partial charge in [0.25, 0.3) is 0 Å². The number of aryl methyl sites for hydroxylation is 2. The van der Waals surface area contributed by atoms with Crippen molar-refractivity contribution >= 4 is 21.5 Å². The third-order valence-electron chi connectivity index (χ3n) is 11.7. The predicted octanol–water partition coefficient (Wildman–Crippen LogP) is 9.05. The molecular formula is C46H48N2O8. The van der Waals surface area contributed by atoms with E-state index in [-0.39, 0.29) is 69.8 Å². The van der Waals surface area contributed by atoms with Gasteiger partial charge in [0, 0.05) is 69.7 Å². The van der Waals surface area contributed by atoms with E-state index in [1.165, 1.54) is 26.4 Å². The summed E-state index contributed by atoms with van der Waals surface area (Å²) in [5, 5.41) is 79.7. The highest BCUT2D eigenvalue weighted by molar-refractivity contribution is 6.13. The Morgan fingerprint density at radius 1 is 0.500 bits per heavy atom. The van der Waals surface area contributed by atoms with Crippen LogP contribution >= 0.6 is 0 Å². The number of ether oxygens (including phenoxy) is 2. The zero-order valence-electron chi connectivity index (χ0n) is 32.8. The van der Waals surface area contributed by atoms with Crippen molar-refractivity contribution in [3.63, 3.8) is 0 Å². The quantitative estimate of drug-likeness (QED) is 0.0852. The van der Waals surface area contributed by atoms with Crippen molar-refractivity contribution in [1.29, 1.82) is 0 Å². The fourth-order valence-electron chi connectivity index (χ4n) is 9.60. The average molecular weight is 757 g/mol. The van der Waals surface area contributed by atoms with Crippen molar-refractivity contribution in [2.75, 3.05) is 14.2 Å². The maximum absolute atomic E-state index is 12.5. The Kier molecular flexibility index (Phi) is 8.89. The fourth-order valence-corrected chi connectivity index (χ4v) is 9.60. The van der Waals surface area contributed by atoms with Gasteiger partial charge in [-0.3, -0.25) is 0 Å². The highest BCUT2D eigenvalue weighted by Crippen LogP contribution is 2.56. The number of benzene rings is 6. The van der Waals surface area contributed by atoms with Gasteiger partial charge >= 0.3 is 0 Å². The Bertz CT molecular complexity index is 2450. The molecule has 2 aliphatic rings. The van der Waals surface area contributed by atoms with Crippen molar-refractivity contribution in [2.24, 2.45) is 0 Å². The van der Waals surface area contributed by atoms with E-state index in [2.05, 4.69) is 24.5 Å². The van der Waals surface area contributed by atoms with Crippen LogP contribution in [-0.2, 0) is 12.8 Å². The standard InChI is InChI=1S/C46H48N2O8/c1-19-9-25-27(41-31-13-21(3)47-23(5)39(31)33(49)17-35(41)51)15-29(45(53)43(25)37(11-19)55-7)30-16-28(26-10-20(2)12-38(56-8)44(26)46(30)54)42-32-14-22(4)48-24(6)40(32)34(50)18-36(42)52/h9-12,15-18,21-24,47-54H,13-14H2,1-8H3/t21-,22+,23-,24?/m1/s1. The van der Waals surface area contributed by atoms with Crippen LogP contribution in [0.5, 0.6) is 46.0 Å². The first-order chi connectivity index (χ1) is 26.6. The van der Waals surface area contributed by atoms with Gasteiger partial charge in [0.15, 0.2) is 0 Å². The molecule has 0 aromatic heterocycles. The second-order valence-corrected chi connectivity index (χ2v) is 15.8. The Morgan fingerprint density at radius 3 is 1.23 bits per heavy atom. The van der Waals surface area contributed by atoms with Gasteiger partial charge in [0.1, 0.15) is 46.0 Å². The molecule has 0 spiro atoms. The summed E-state index contributed by atoms with van der Waals surface area (Å²) in [7, 11) is 3.06. The monoisotopic (exact) mass is 756 g/mol. The van der Waals surface area contributed by atoms with Crippen LogP contribution < -0.4 is 20.1 Å². The zero-order chi connectivity index (χ0) is 40.1. The summed E-state index contributed by atoms with van der Waals surface area (Å²) >= 11 is 0. The average Bonchev–Trinajstić information content (AvgIpc) is 3.11.